The molecule has 0 spiro atoms. The molecule has 1 atom stereocenters. The van der Waals surface area contributed by atoms with Crippen molar-refractivity contribution in [2.45, 2.75) is 25.3 Å². The van der Waals surface area contributed by atoms with Crippen LogP contribution >= 0.6 is 0 Å². The Morgan fingerprint density at radius 3 is 2.21 bits per heavy atom. The molecule has 6 heteroatoms. The van der Waals surface area contributed by atoms with Gasteiger partial charge in [0.15, 0.2) is 0 Å². The first-order valence-electron chi connectivity index (χ1n) is 4.25. The number of nitrogens with one attached hydrogen (secondary N) is 1. The van der Waals surface area contributed by atoms with Crippen molar-refractivity contribution in [2.24, 2.45) is 5.92 Å². The first-order valence-corrected chi connectivity index (χ1v) is 4.25. The molecule has 1 fully saturated rings. The standard InChI is InChI=1S/C8H11NO5/c10-6(11)3-5(8(13)14)9-7(12)4-1-2-4/h4-5H,1-3H2,(H,9,12)(H,10,11)(H,13,14)/t5-/m1/s1. The van der Waals surface area contributed by atoms with Crippen LogP contribution in [0.5, 0.6) is 0 Å². The predicted octanol–water partition coefficient (Wildman–Crippen LogP) is -0.559. The van der Waals surface area contributed by atoms with E-state index in [1.165, 1.54) is 0 Å². The molecule has 1 aliphatic rings. The Bertz CT molecular complexity index is 271. The molecule has 0 unspecified atom stereocenters. The lowest BCUT2D eigenvalue weighted by atomic mass is 10.2. The second kappa shape index (κ2) is 4.08. The van der Waals surface area contributed by atoms with Gasteiger partial charge >= 0.3 is 11.9 Å². The number of carbonyl (C=O) groups excluding carboxylic acids is 1. The fourth-order valence-corrected chi connectivity index (χ4v) is 1.01. The Morgan fingerprint density at radius 1 is 1.29 bits per heavy atom. The van der Waals surface area contributed by atoms with E-state index in [-0.39, 0.29) is 11.8 Å². The minimum Gasteiger partial charge on any atom is -0.481 e. The molecule has 1 aliphatic carbocycles. The van der Waals surface area contributed by atoms with Crippen molar-refractivity contribution in [3.8, 4) is 0 Å². The average molecular weight is 201 g/mol. The summed E-state index contributed by atoms with van der Waals surface area (Å²) in [5.41, 5.74) is 0. The van der Waals surface area contributed by atoms with Crippen LogP contribution in [0.25, 0.3) is 0 Å². The highest BCUT2D eigenvalue weighted by Gasteiger charge is 2.33. The van der Waals surface area contributed by atoms with Gasteiger partial charge in [0, 0.05) is 5.92 Å². The van der Waals surface area contributed by atoms with Crippen molar-refractivity contribution in [1.29, 1.82) is 0 Å². The topological polar surface area (TPSA) is 104 Å². The van der Waals surface area contributed by atoms with E-state index >= 15 is 0 Å². The summed E-state index contributed by atoms with van der Waals surface area (Å²) in [6, 6.07) is -1.32. The number of carboxylic acids is 2. The maximum atomic E-state index is 11.1. The number of aliphatic carboxylic acids is 2. The smallest absolute Gasteiger partial charge is 0.326 e. The molecule has 6 nitrogen and oxygen atoms in total. The molecule has 1 amide bonds. The Balaban J connectivity index is 2.45. The van der Waals surface area contributed by atoms with Gasteiger partial charge in [-0.25, -0.2) is 4.79 Å². The minimum absolute atomic E-state index is 0.120. The van der Waals surface area contributed by atoms with Gasteiger partial charge in [0.25, 0.3) is 0 Å². The van der Waals surface area contributed by atoms with Gasteiger partial charge in [-0.1, -0.05) is 0 Å². The summed E-state index contributed by atoms with van der Waals surface area (Å²) < 4.78 is 0. The molecule has 78 valence electrons. The van der Waals surface area contributed by atoms with Crippen LogP contribution in [0.4, 0.5) is 0 Å². The zero-order valence-electron chi connectivity index (χ0n) is 7.40. The summed E-state index contributed by atoms with van der Waals surface area (Å²) in [4.78, 5) is 31.9. The van der Waals surface area contributed by atoms with Crippen molar-refractivity contribution in [1.82, 2.24) is 5.32 Å². The van der Waals surface area contributed by atoms with Gasteiger partial charge in [-0.2, -0.15) is 0 Å². The molecule has 0 bridgehead atoms. The zero-order chi connectivity index (χ0) is 10.7. The molecule has 0 saturated heterocycles. The lowest BCUT2D eigenvalue weighted by Crippen LogP contribution is -2.42. The number of rotatable bonds is 5. The highest BCUT2D eigenvalue weighted by molar-refractivity contribution is 5.88. The molecule has 0 aliphatic heterocycles. The van der Waals surface area contributed by atoms with Gasteiger partial charge in [-0.15, -0.1) is 0 Å². The lowest BCUT2D eigenvalue weighted by Gasteiger charge is -2.11. The molecule has 0 aromatic rings. The third-order valence-electron chi connectivity index (χ3n) is 1.94. The van der Waals surface area contributed by atoms with Gasteiger partial charge in [0.1, 0.15) is 6.04 Å². The van der Waals surface area contributed by atoms with Gasteiger partial charge in [0.2, 0.25) is 5.91 Å². The van der Waals surface area contributed by atoms with E-state index in [2.05, 4.69) is 5.32 Å². The first kappa shape index (κ1) is 10.5. The van der Waals surface area contributed by atoms with Crippen molar-refractivity contribution in [3.05, 3.63) is 0 Å². The van der Waals surface area contributed by atoms with Gasteiger partial charge in [-0.05, 0) is 12.8 Å². The molecule has 0 heterocycles. The average Bonchev–Trinajstić information content (AvgIpc) is 2.83. The summed E-state index contributed by atoms with van der Waals surface area (Å²) >= 11 is 0. The third kappa shape index (κ3) is 3.04. The SMILES string of the molecule is O=C(O)C[C@@H](NC(=O)C1CC1)C(=O)O. The second-order valence-corrected chi connectivity index (χ2v) is 3.27. The van der Waals surface area contributed by atoms with Crippen LogP contribution in [-0.4, -0.2) is 34.1 Å². The van der Waals surface area contributed by atoms with Crippen LogP contribution in [-0.2, 0) is 14.4 Å². The van der Waals surface area contributed by atoms with Crippen molar-refractivity contribution in [3.63, 3.8) is 0 Å². The Labute approximate surface area is 79.9 Å². The fraction of sp³-hybridized carbons (Fsp3) is 0.625. The monoisotopic (exact) mass is 201 g/mol. The van der Waals surface area contributed by atoms with Crippen molar-refractivity contribution < 1.29 is 24.6 Å². The highest BCUT2D eigenvalue weighted by atomic mass is 16.4. The second-order valence-electron chi connectivity index (χ2n) is 3.27. The fourth-order valence-electron chi connectivity index (χ4n) is 1.01. The third-order valence-corrected chi connectivity index (χ3v) is 1.94. The minimum atomic E-state index is -1.32. The maximum absolute atomic E-state index is 11.1. The van der Waals surface area contributed by atoms with Crippen LogP contribution in [0.15, 0.2) is 0 Å². The van der Waals surface area contributed by atoms with Crippen LogP contribution in [0.2, 0.25) is 0 Å². The van der Waals surface area contributed by atoms with E-state index in [1.807, 2.05) is 0 Å². The number of amides is 1. The van der Waals surface area contributed by atoms with E-state index in [4.69, 9.17) is 10.2 Å². The predicted molar refractivity (Wildman–Crippen MR) is 44.5 cm³/mol. The molecule has 14 heavy (non-hydrogen) atoms. The molecule has 0 aromatic carbocycles. The van der Waals surface area contributed by atoms with Crippen LogP contribution in [0.1, 0.15) is 19.3 Å². The van der Waals surface area contributed by atoms with Gasteiger partial charge in [0.05, 0.1) is 6.42 Å². The van der Waals surface area contributed by atoms with Crippen LogP contribution < -0.4 is 5.32 Å². The van der Waals surface area contributed by atoms with Crippen LogP contribution in [0, 0.1) is 5.92 Å². The van der Waals surface area contributed by atoms with Crippen molar-refractivity contribution in [2.75, 3.05) is 0 Å². The number of carboxylic acid groups (broad SMARTS) is 2. The summed E-state index contributed by atoms with van der Waals surface area (Å²) in [7, 11) is 0. The largest absolute Gasteiger partial charge is 0.481 e. The zero-order valence-corrected chi connectivity index (χ0v) is 7.40. The van der Waals surface area contributed by atoms with E-state index in [0.717, 1.165) is 12.8 Å². The molecule has 1 rings (SSSR count). The summed E-state index contributed by atoms with van der Waals surface area (Å²) in [5, 5.41) is 19.2. The van der Waals surface area contributed by atoms with Crippen molar-refractivity contribution >= 4 is 17.8 Å². The van der Waals surface area contributed by atoms with E-state index < -0.39 is 24.4 Å². The molecule has 1 saturated carbocycles. The van der Waals surface area contributed by atoms with E-state index in [1.54, 1.807) is 0 Å². The van der Waals surface area contributed by atoms with Crippen LogP contribution in [0.3, 0.4) is 0 Å². The molecule has 0 aromatic heterocycles. The highest BCUT2D eigenvalue weighted by Crippen LogP contribution is 2.28. The van der Waals surface area contributed by atoms with Gasteiger partial charge < -0.3 is 15.5 Å². The first-order chi connectivity index (χ1) is 6.50. The molecule has 0 radical (unpaired) electrons. The Kier molecular flexibility index (Phi) is 3.06. The van der Waals surface area contributed by atoms with E-state index in [0.29, 0.717) is 0 Å². The normalized spacial score (nSPS) is 17.1. The Morgan fingerprint density at radius 2 is 1.86 bits per heavy atom. The lowest BCUT2D eigenvalue weighted by molar-refractivity contribution is -0.147. The molecule has 3 N–H and O–H groups in total. The Hall–Kier alpha value is -1.59. The van der Waals surface area contributed by atoms with E-state index in [9.17, 15) is 14.4 Å². The number of carbonyl (C=O) groups is 3. The summed E-state index contributed by atoms with van der Waals surface area (Å²) in [6.07, 6.45) is 0.921. The maximum Gasteiger partial charge on any atom is 0.326 e. The summed E-state index contributed by atoms with van der Waals surface area (Å²) in [5.74, 6) is -3.04. The molecular formula is C8H11NO5. The number of hydrogen-bond donors (Lipinski definition) is 3. The van der Waals surface area contributed by atoms with Gasteiger partial charge in [-0.3, -0.25) is 9.59 Å². The number of hydrogen-bond acceptors (Lipinski definition) is 3. The summed E-state index contributed by atoms with van der Waals surface area (Å²) in [6.45, 7) is 0. The quantitative estimate of drug-likeness (QED) is 0.553. The molecular weight excluding hydrogens is 190 g/mol.